The van der Waals surface area contributed by atoms with Gasteiger partial charge in [0.15, 0.2) is 0 Å². The van der Waals surface area contributed by atoms with E-state index in [-0.39, 0.29) is 21.8 Å². The molecule has 1 saturated heterocycles. The summed E-state index contributed by atoms with van der Waals surface area (Å²) in [7, 11) is -2.59. The van der Waals surface area contributed by atoms with E-state index in [1.54, 1.807) is 4.90 Å². The molecule has 1 aromatic carbocycles. The summed E-state index contributed by atoms with van der Waals surface area (Å²) >= 11 is 2.98. The first-order valence-corrected chi connectivity index (χ1v) is 8.95. The SMILES string of the molecule is CN(CC(=O)N1CCNCC1)S(=O)(=O)c1ccc(Br)c(F)c1. The average molecular weight is 394 g/mol. The number of likely N-dealkylation sites (N-methyl/N-ethyl adjacent to an activating group) is 1. The molecular formula is C13H17BrFN3O3S. The standard InChI is InChI=1S/C13H17BrFN3O3S/c1-17(9-13(19)18-6-4-16-5-7-18)22(20,21)10-2-3-11(14)12(15)8-10/h2-3,8,16H,4-7,9H2,1H3. The summed E-state index contributed by atoms with van der Waals surface area (Å²) in [6.07, 6.45) is 0. The molecule has 0 bridgehead atoms. The van der Waals surface area contributed by atoms with Crippen molar-refractivity contribution in [2.75, 3.05) is 39.8 Å². The number of rotatable bonds is 4. The van der Waals surface area contributed by atoms with Gasteiger partial charge in [-0.2, -0.15) is 4.31 Å². The quantitative estimate of drug-likeness (QED) is 0.814. The molecule has 1 aliphatic rings. The molecule has 1 N–H and O–H groups in total. The number of nitrogens with zero attached hydrogens (tertiary/aromatic N) is 2. The first-order valence-electron chi connectivity index (χ1n) is 6.72. The second kappa shape index (κ2) is 7.03. The van der Waals surface area contributed by atoms with Gasteiger partial charge in [0.2, 0.25) is 15.9 Å². The summed E-state index contributed by atoms with van der Waals surface area (Å²) in [6, 6.07) is 3.56. The Morgan fingerprint density at radius 3 is 2.64 bits per heavy atom. The molecule has 1 fully saturated rings. The number of hydrogen-bond acceptors (Lipinski definition) is 4. The number of amides is 1. The van der Waals surface area contributed by atoms with Gasteiger partial charge in [-0.3, -0.25) is 4.79 Å². The van der Waals surface area contributed by atoms with E-state index in [2.05, 4.69) is 21.2 Å². The van der Waals surface area contributed by atoms with Gasteiger partial charge in [0.1, 0.15) is 5.82 Å². The van der Waals surface area contributed by atoms with Crippen LogP contribution in [0.5, 0.6) is 0 Å². The van der Waals surface area contributed by atoms with E-state index in [1.165, 1.54) is 19.2 Å². The smallest absolute Gasteiger partial charge is 0.243 e. The molecule has 0 saturated carbocycles. The maximum Gasteiger partial charge on any atom is 0.243 e. The van der Waals surface area contributed by atoms with Crippen LogP contribution in [0.25, 0.3) is 0 Å². The fourth-order valence-corrected chi connectivity index (χ4v) is 3.49. The van der Waals surface area contributed by atoms with E-state index >= 15 is 0 Å². The predicted octanol–water partition coefficient (Wildman–Crippen LogP) is 0.641. The highest BCUT2D eigenvalue weighted by Gasteiger charge is 2.26. The van der Waals surface area contributed by atoms with Gasteiger partial charge in [0.25, 0.3) is 0 Å². The van der Waals surface area contributed by atoms with Crippen molar-refractivity contribution >= 4 is 31.9 Å². The zero-order valence-corrected chi connectivity index (χ0v) is 14.5. The van der Waals surface area contributed by atoms with Gasteiger partial charge < -0.3 is 10.2 Å². The van der Waals surface area contributed by atoms with Crippen LogP contribution in [-0.2, 0) is 14.8 Å². The average Bonchev–Trinajstić information content (AvgIpc) is 2.50. The third-order valence-electron chi connectivity index (χ3n) is 3.43. The predicted molar refractivity (Wildman–Crippen MR) is 83.4 cm³/mol. The molecule has 1 heterocycles. The summed E-state index contributed by atoms with van der Waals surface area (Å²) in [5.41, 5.74) is 0. The fourth-order valence-electron chi connectivity index (χ4n) is 2.11. The molecular weight excluding hydrogens is 377 g/mol. The maximum atomic E-state index is 13.5. The molecule has 0 aromatic heterocycles. The van der Waals surface area contributed by atoms with Crippen LogP contribution in [0, 0.1) is 5.82 Å². The van der Waals surface area contributed by atoms with Crippen molar-refractivity contribution in [3.8, 4) is 0 Å². The molecule has 6 nitrogen and oxygen atoms in total. The Labute approximate surface area is 137 Å². The van der Waals surface area contributed by atoms with Crippen molar-refractivity contribution in [2.24, 2.45) is 0 Å². The highest BCUT2D eigenvalue weighted by atomic mass is 79.9. The lowest BCUT2D eigenvalue weighted by atomic mass is 10.3. The molecule has 0 atom stereocenters. The Hall–Kier alpha value is -1.03. The van der Waals surface area contributed by atoms with E-state index in [0.29, 0.717) is 26.2 Å². The van der Waals surface area contributed by atoms with Gasteiger partial charge in [0, 0.05) is 33.2 Å². The van der Waals surface area contributed by atoms with Crippen LogP contribution < -0.4 is 5.32 Å². The Balaban J connectivity index is 2.11. The summed E-state index contributed by atoms with van der Waals surface area (Å²) in [4.78, 5) is 13.6. The van der Waals surface area contributed by atoms with Crippen molar-refractivity contribution in [3.05, 3.63) is 28.5 Å². The lowest BCUT2D eigenvalue weighted by molar-refractivity contribution is -0.131. The maximum absolute atomic E-state index is 13.5. The van der Waals surface area contributed by atoms with Gasteiger partial charge in [-0.05, 0) is 34.1 Å². The third kappa shape index (κ3) is 3.83. The lowest BCUT2D eigenvalue weighted by Gasteiger charge is -2.29. The molecule has 0 aliphatic carbocycles. The Morgan fingerprint density at radius 2 is 2.05 bits per heavy atom. The molecule has 1 aliphatic heterocycles. The molecule has 1 amide bonds. The minimum Gasteiger partial charge on any atom is -0.339 e. The number of carbonyl (C=O) groups excluding carboxylic acids is 1. The van der Waals surface area contributed by atoms with Crippen molar-refractivity contribution < 1.29 is 17.6 Å². The Morgan fingerprint density at radius 1 is 1.41 bits per heavy atom. The zero-order valence-electron chi connectivity index (χ0n) is 12.1. The summed E-state index contributed by atoms with van der Waals surface area (Å²) < 4.78 is 39.4. The van der Waals surface area contributed by atoms with Crippen molar-refractivity contribution in [3.63, 3.8) is 0 Å². The summed E-state index contributed by atoms with van der Waals surface area (Å²) in [6.45, 7) is 2.24. The Bertz CT molecular complexity index is 662. The second-order valence-corrected chi connectivity index (χ2v) is 7.87. The highest BCUT2D eigenvalue weighted by molar-refractivity contribution is 9.10. The minimum absolute atomic E-state index is 0.177. The van der Waals surface area contributed by atoms with Crippen LogP contribution >= 0.6 is 15.9 Å². The number of sulfonamides is 1. The van der Waals surface area contributed by atoms with Crippen LogP contribution in [0.4, 0.5) is 4.39 Å². The third-order valence-corrected chi connectivity index (χ3v) is 5.87. The topological polar surface area (TPSA) is 69.7 Å². The van der Waals surface area contributed by atoms with Crippen LogP contribution in [0.15, 0.2) is 27.6 Å². The van der Waals surface area contributed by atoms with E-state index in [9.17, 15) is 17.6 Å². The van der Waals surface area contributed by atoms with E-state index < -0.39 is 15.8 Å². The lowest BCUT2D eigenvalue weighted by Crippen LogP contribution is -2.49. The van der Waals surface area contributed by atoms with Crippen molar-refractivity contribution in [2.45, 2.75) is 4.90 Å². The van der Waals surface area contributed by atoms with Gasteiger partial charge >= 0.3 is 0 Å². The van der Waals surface area contributed by atoms with E-state index in [0.717, 1.165) is 10.4 Å². The number of benzene rings is 1. The summed E-state index contributed by atoms with van der Waals surface area (Å²) in [5, 5.41) is 3.12. The number of halogens is 2. The molecule has 2 rings (SSSR count). The van der Waals surface area contributed by atoms with Crippen LogP contribution in [-0.4, -0.2) is 63.3 Å². The number of nitrogens with one attached hydrogen (secondary N) is 1. The molecule has 122 valence electrons. The van der Waals surface area contributed by atoms with Crippen molar-refractivity contribution in [1.29, 1.82) is 0 Å². The van der Waals surface area contributed by atoms with Crippen molar-refractivity contribution in [1.82, 2.24) is 14.5 Å². The Kier molecular flexibility index (Phi) is 5.54. The number of carbonyl (C=O) groups is 1. The summed E-state index contributed by atoms with van der Waals surface area (Å²) in [5.74, 6) is -0.923. The molecule has 22 heavy (non-hydrogen) atoms. The molecule has 1 aromatic rings. The second-order valence-electron chi connectivity index (χ2n) is 4.97. The highest BCUT2D eigenvalue weighted by Crippen LogP contribution is 2.21. The zero-order chi connectivity index (χ0) is 16.3. The van der Waals surface area contributed by atoms with Gasteiger partial charge in [-0.1, -0.05) is 0 Å². The van der Waals surface area contributed by atoms with Gasteiger partial charge in [0.05, 0.1) is 15.9 Å². The molecule has 0 radical (unpaired) electrons. The van der Waals surface area contributed by atoms with Crippen LogP contribution in [0.2, 0.25) is 0 Å². The first-order chi connectivity index (χ1) is 10.3. The van der Waals surface area contributed by atoms with Crippen LogP contribution in [0.3, 0.4) is 0 Å². The van der Waals surface area contributed by atoms with E-state index in [4.69, 9.17) is 0 Å². The number of hydrogen-bond donors (Lipinski definition) is 1. The van der Waals surface area contributed by atoms with E-state index in [1.807, 2.05) is 0 Å². The minimum atomic E-state index is -3.90. The normalized spacial score (nSPS) is 16.1. The number of piperazine rings is 1. The van der Waals surface area contributed by atoms with Gasteiger partial charge in [-0.25, -0.2) is 12.8 Å². The monoisotopic (exact) mass is 393 g/mol. The van der Waals surface area contributed by atoms with Gasteiger partial charge in [-0.15, -0.1) is 0 Å². The molecule has 0 spiro atoms. The largest absolute Gasteiger partial charge is 0.339 e. The fraction of sp³-hybridized carbons (Fsp3) is 0.462. The first kappa shape index (κ1) is 17.3. The molecule has 0 unspecified atom stereocenters. The van der Waals surface area contributed by atoms with Crippen LogP contribution in [0.1, 0.15) is 0 Å². The molecule has 9 heteroatoms.